The number of ether oxygens (including phenoxy) is 2. The molecule has 1 N–H and O–H groups in total. The normalized spacial score (nSPS) is 22.0. The predicted molar refractivity (Wildman–Crippen MR) is 235 cm³/mol. The topological polar surface area (TPSA) is 137 Å². The molecule has 5 rings (SSSR count). The molecule has 1 saturated heterocycles. The van der Waals surface area contributed by atoms with E-state index in [4.69, 9.17) is 37.7 Å². The van der Waals surface area contributed by atoms with Crippen LogP contribution in [0.2, 0.25) is 54.4 Å². The maximum absolute atomic E-state index is 12.0. The average molecular weight is 842 g/mol. The van der Waals surface area contributed by atoms with Crippen LogP contribution in [0.3, 0.4) is 0 Å². The minimum Gasteiger partial charge on any atom is -0.463 e. The van der Waals surface area contributed by atoms with E-state index < -0.39 is 55.5 Å². The van der Waals surface area contributed by atoms with Gasteiger partial charge in [0.25, 0.3) is 5.95 Å². The smallest absolute Gasteiger partial charge is 0.330 e. The summed E-state index contributed by atoms with van der Waals surface area (Å²) in [5, 5.41) is 8.21. The van der Waals surface area contributed by atoms with Crippen molar-refractivity contribution in [2.75, 3.05) is 18.5 Å². The molecular weight excluding hydrogens is 771 g/mol. The summed E-state index contributed by atoms with van der Waals surface area (Å²) in [6.45, 7) is 36.6. The summed E-state index contributed by atoms with van der Waals surface area (Å²) in [7, 11) is -6.91. The highest BCUT2D eigenvalue weighted by atomic mass is 28.4. The monoisotopic (exact) mass is 841 g/mol. The summed E-state index contributed by atoms with van der Waals surface area (Å²) in [5.74, 6) is 0.601. The van der Waals surface area contributed by atoms with Gasteiger partial charge in [-0.1, -0.05) is 75.2 Å². The van der Waals surface area contributed by atoms with E-state index in [1.54, 1.807) is 30.1 Å². The quantitative estimate of drug-likeness (QED) is 0.0944. The molecule has 4 atom stereocenters. The molecule has 16 heteroatoms. The Kier molecular flexibility index (Phi) is 13.3. The van der Waals surface area contributed by atoms with Crippen LogP contribution >= 0.6 is 0 Å². The third kappa shape index (κ3) is 10.2. The lowest BCUT2D eigenvalue weighted by molar-refractivity contribution is -0.137. The third-order valence-corrected chi connectivity index (χ3v) is 26.5. The zero-order chi connectivity index (χ0) is 42.4. The van der Waals surface area contributed by atoms with E-state index in [0.29, 0.717) is 41.7 Å². The number of esters is 1. The fourth-order valence-electron chi connectivity index (χ4n) is 6.32. The Morgan fingerprint density at radius 1 is 0.895 bits per heavy atom. The van der Waals surface area contributed by atoms with Crippen LogP contribution < -0.4 is 5.32 Å². The van der Waals surface area contributed by atoms with Gasteiger partial charge in [0.2, 0.25) is 0 Å². The first kappa shape index (κ1) is 45.3. The number of carbonyl (C=O) groups is 1. The summed E-state index contributed by atoms with van der Waals surface area (Å²) < 4.78 is 37.7. The van der Waals surface area contributed by atoms with Crippen molar-refractivity contribution in [3.8, 4) is 5.95 Å². The summed E-state index contributed by atoms with van der Waals surface area (Å²) in [4.78, 5) is 27.2. The second kappa shape index (κ2) is 16.7. The molecule has 0 aromatic carbocycles. The van der Waals surface area contributed by atoms with Crippen molar-refractivity contribution in [2.24, 2.45) is 0 Å². The zero-order valence-corrected chi connectivity index (χ0v) is 40.6. The molecule has 318 valence electrons. The highest BCUT2D eigenvalue weighted by Gasteiger charge is 2.55. The van der Waals surface area contributed by atoms with Crippen LogP contribution in [0.5, 0.6) is 0 Å². The number of fused-ring (bicyclic) bond motifs is 1. The third-order valence-electron chi connectivity index (χ3n) is 13.1. The first-order valence-electron chi connectivity index (χ1n) is 20.8. The van der Waals surface area contributed by atoms with Gasteiger partial charge in [-0.25, -0.2) is 14.5 Å². The largest absolute Gasteiger partial charge is 0.463 e. The second-order valence-corrected chi connectivity index (χ2v) is 34.8. The van der Waals surface area contributed by atoms with E-state index in [1.807, 2.05) is 10.9 Å². The number of imidazole rings is 1. The van der Waals surface area contributed by atoms with Crippen molar-refractivity contribution in [2.45, 2.75) is 180 Å². The number of hydrogen-bond acceptors (Lipinski definition) is 11. The van der Waals surface area contributed by atoms with Gasteiger partial charge in [0.15, 0.2) is 48.2 Å². The zero-order valence-electron chi connectivity index (χ0n) is 37.6. The molecule has 3 aromatic heterocycles. The van der Waals surface area contributed by atoms with Crippen molar-refractivity contribution < 1.29 is 27.5 Å². The summed E-state index contributed by atoms with van der Waals surface area (Å²) in [6.07, 6.45) is 10.9. The molecule has 0 radical (unpaired) electrons. The lowest BCUT2D eigenvalue weighted by Gasteiger charge is -2.44. The highest BCUT2D eigenvalue weighted by molar-refractivity contribution is 6.75. The lowest BCUT2D eigenvalue weighted by Crippen LogP contribution is -2.54. The van der Waals surface area contributed by atoms with Gasteiger partial charge in [-0.15, -0.1) is 0 Å². The van der Waals surface area contributed by atoms with Crippen molar-refractivity contribution in [3.63, 3.8) is 0 Å². The minimum absolute atomic E-state index is 0.0232. The molecule has 1 aliphatic carbocycles. The Labute approximate surface area is 344 Å². The second-order valence-electron chi connectivity index (χ2n) is 20.4. The standard InChI is InChI=1S/C41H71N7O6Si3/c1-17-50-31(49)23-22-28-24-43-48(25-28)38-45-35(44-29-20-18-19-21-29)32-36(46-38)47(27-42-32)37-34(54-57(15,16)41(8,9)10)33(53-56(13,14)40(5,6)7)30(52-37)26-51-55(11,12)39(2,3)4/h22-25,27,29-30,33-34,37H,17-21,26H2,1-16H3,(H,44,45,46)/b23-22+/t30-,33-,34-,37-/m1/s1. The van der Waals surface area contributed by atoms with Gasteiger partial charge in [-0.05, 0) is 80.2 Å². The van der Waals surface area contributed by atoms with Gasteiger partial charge in [0.05, 0.1) is 25.7 Å². The number of nitrogens with one attached hydrogen (secondary N) is 1. The molecular formula is C41H71N7O6Si3. The SMILES string of the molecule is CCOC(=O)/C=C/c1cnn(-c2nc(NC3CCCC3)c3ncn([C@@H]4O[C@H](CO[Si](C)(C)C(C)(C)C)[C@@H](O[Si](C)(C)C(C)(C)C)[C@H]4O[Si](C)(C)C(C)(C)C)c3n2)c1. The van der Waals surface area contributed by atoms with Crippen LogP contribution in [-0.4, -0.2) is 97.8 Å². The van der Waals surface area contributed by atoms with Crippen molar-refractivity contribution >= 4 is 54.0 Å². The number of nitrogens with zero attached hydrogens (tertiary/aromatic N) is 6. The number of rotatable bonds is 14. The first-order chi connectivity index (χ1) is 26.2. The van der Waals surface area contributed by atoms with Gasteiger partial charge in [0.1, 0.15) is 18.3 Å². The molecule has 2 aliphatic rings. The Morgan fingerprint density at radius 2 is 1.49 bits per heavy atom. The molecule has 0 unspecified atom stereocenters. The van der Waals surface area contributed by atoms with Crippen LogP contribution in [0, 0.1) is 0 Å². The van der Waals surface area contributed by atoms with Gasteiger partial charge < -0.3 is 28.1 Å². The van der Waals surface area contributed by atoms with Crippen molar-refractivity contribution in [1.82, 2.24) is 29.3 Å². The van der Waals surface area contributed by atoms with Crippen molar-refractivity contribution in [1.29, 1.82) is 0 Å². The van der Waals surface area contributed by atoms with Crippen LogP contribution in [0.25, 0.3) is 23.2 Å². The number of anilines is 1. The molecule has 2 fully saturated rings. The molecule has 3 aromatic rings. The highest BCUT2D eigenvalue weighted by Crippen LogP contribution is 2.47. The number of carbonyl (C=O) groups excluding carboxylic acids is 1. The average Bonchev–Trinajstić information content (AvgIpc) is 3.89. The Morgan fingerprint density at radius 3 is 2.07 bits per heavy atom. The van der Waals surface area contributed by atoms with Crippen LogP contribution in [0.15, 0.2) is 24.8 Å². The van der Waals surface area contributed by atoms with Gasteiger partial charge in [-0.3, -0.25) is 4.57 Å². The van der Waals surface area contributed by atoms with Crippen molar-refractivity contribution in [3.05, 3.63) is 30.4 Å². The minimum atomic E-state index is -2.40. The molecule has 1 aliphatic heterocycles. The predicted octanol–water partition coefficient (Wildman–Crippen LogP) is 9.64. The van der Waals surface area contributed by atoms with E-state index in [1.165, 1.54) is 18.9 Å². The van der Waals surface area contributed by atoms with Gasteiger partial charge >= 0.3 is 5.97 Å². The molecule has 1 saturated carbocycles. The fraction of sp³-hybridized carbons (Fsp3) is 0.732. The molecule has 13 nitrogen and oxygen atoms in total. The van der Waals surface area contributed by atoms with Crippen LogP contribution in [0.4, 0.5) is 5.82 Å². The molecule has 0 amide bonds. The van der Waals surface area contributed by atoms with Gasteiger partial charge in [0, 0.05) is 23.9 Å². The van der Waals surface area contributed by atoms with E-state index in [-0.39, 0.29) is 21.2 Å². The van der Waals surface area contributed by atoms with Gasteiger partial charge in [-0.2, -0.15) is 15.1 Å². The lowest BCUT2D eigenvalue weighted by atomic mass is 10.1. The number of aromatic nitrogens is 6. The molecule has 4 heterocycles. The molecule has 0 spiro atoms. The van der Waals surface area contributed by atoms with E-state index in [0.717, 1.165) is 12.8 Å². The molecule has 57 heavy (non-hydrogen) atoms. The Balaban J connectivity index is 1.66. The first-order valence-corrected chi connectivity index (χ1v) is 29.5. The Hall–Kier alpha value is -2.74. The summed E-state index contributed by atoms with van der Waals surface area (Å²) in [6, 6.07) is 0.276. The summed E-state index contributed by atoms with van der Waals surface area (Å²) in [5.41, 5.74) is 1.96. The maximum Gasteiger partial charge on any atom is 0.330 e. The Bertz CT molecular complexity index is 1880. The number of hydrogen-bond donors (Lipinski definition) is 1. The van der Waals surface area contributed by atoms with Crippen LogP contribution in [-0.2, 0) is 27.5 Å². The van der Waals surface area contributed by atoms with E-state index >= 15 is 0 Å². The summed E-state index contributed by atoms with van der Waals surface area (Å²) >= 11 is 0. The van der Waals surface area contributed by atoms with Crippen LogP contribution in [0.1, 0.15) is 107 Å². The van der Waals surface area contributed by atoms with E-state index in [2.05, 4.69) is 112 Å². The molecule has 0 bridgehead atoms. The maximum atomic E-state index is 12.0. The fourth-order valence-corrected chi connectivity index (χ4v) is 9.94. The van der Waals surface area contributed by atoms with E-state index in [9.17, 15) is 4.79 Å².